The summed E-state index contributed by atoms with van der Waals surface area (Å²) in [6.07, 6.45) is 0. The Bertz CT molecular complexity index is 316. The van der Waals surface area contributed by atoms with Crippen molar-refractivity contribution in [1.82, 2.24) is 10.6 Å². The normalized spacial score (nSPS) is 14.1. The van der Waals surface area contributed by atoms with E-state index in [0.29, 0.717) is 21.8 Å². The van der Waals surface area contributed by atoms with Gasteiger partial charge in [-0.15, -0.1) is 0 Å². The third kappa shape index (κ3) is 8.99. The van der Waals surface area contributed by atoms with E-state index in [-0.39, 0.29) is 17.1 Å². The zero-order valence-electron chi connectivity index (χ0n) is 9.91. The van der Waals surface area contributed by atoms with Crippen molar-refractivity contribution in [1.29, 1.82) is 0 Å². The van der Waals surface area contributed by atoms with Crippen LogP contribution in [0.15, 0.2) is 20.4 Å². The van der Waals surface area contributed by atoms with Crippen LogP contribution in [0.4, 0.5) is 0 Å². The molecule has 0 saturated heterocycles. The first-order chi connectivity index (χ1) is 7.51. The molecule has 0 aromatic carbocycles. The van der Waals surface area contributed by atoms with Crippen LogP contribution in [0.1, 0.15) is 13.8 Å². The van der Waals surface area contributed by atoms with E-state index in [1.807, 2.05) is 0 Å². The standard InChI is InChI=1S/C8H16N6S2.Cu/c1-5(11-13-7(15)9-3)6(2)12-14-8(16)10-4;/h1-4H3,(H2,9,13,15)(H2,10,14,16);/q;+2/p-2. The zero-order valence-corrected chi connectivity index (χ0v) is 12.5. The van der Waals surface area contributed by atoms with Crippen LogP contribution < -0.4 is 10.6 Å². The predicted molar refractivity (Wildman–Crippen MR) is 73.9 cm³/mol. The van der Waals surface area contributed by atoms with Crippen LogP contribution >= 0.6 is 0 Å². The number of hydrogen-bond acceptors (Lipinski definition) is 6. The van der Waals surface area contributed by atoms with Crippen molar-refractivity contribution >= 4 is 47.0 Å². The number of nitrogens with one attached hydrogen (secondary N) is 2. The molecule has 0 aliphatic heterocycles. The van der Waals surface area contributed by atoms with Gasteiger partial charge < -0.3 is 35.9 Å². The molecule has 0 spiro atoms. The van der Waals surface area contributed by atoms with E-state index in [2.05, 4.69) is 31.0 Å². The average Bonchev–Trinajstić information content (AvgIpc) is 2.31. The largest absolute Gasteiger partial charge is 2.00 e. The SMILES string of the molecule is CNC([S-])=NN=C(C)C(C)=NN=C([S-])NC.[Cu+2]. The Morgan fingerprint density at radius 3 is 1.29 bits per heavy atom. The fourth-order valence-corrected chi connectivity index (χ4v) is 0.567. The summed E-state index contributed by atoms with van der Waals surface area (Å²) in [5.74, 6) is 0. The van der Waals surface area contributed by atoms with Crippen LogP contribution in [-0.2, 0) is 42.3 Å². The molecule has 2 N–H and O–H groups in total. The summed E-state index contributed by atoms with van der Waals surface area (Å²) in [6, 6.07) is 0. The second-order valence-electron chi connectivity index (χ2n) is 2.68. The van der Waals surface area contributed by atoms with E-state index in [9.17, 15) is 0 Å². The molecule has 0 heterocycles. The quantitative estimate of drug-likeness (QED) is 0.252. The molecule has 0 aliphatic carbocycles. The molecule has 1 radical (unpaired) electrons. The minimum atomic E-state index is 0. The summed E-state index contributed by atoms with van der Waals surface area (Å²) in [7, 11) is 3.36. The van der Waals surface area contributed by atoms with Crippen molar-refractivity contribution in [3.8, 4) is 0 Å². The average molecular weight is 322 g/mol. The van der Waals surface area contributed by atoms with Gasteiger partial charge in [0.15, 0.2) is 0 Å². The predicted octanol–water partition coefficient (Wildman–Crippen LogP) is -0.0197. The first-order valence-corrected chi connectivity index (χ1v) is 5.27. The Hall–Kier alpha value is -0.761. The number of nitrogens with zero attached hydrogens (tertiary/aromatic N) is 4. The van der Waals surface area contributed by atoms with Crippen LogP contribution in [0.5, 0.6) is 0 Å². The van der Waals surface area contributed by atoms with Crippen LogP contribution in [0.25, 0.3) is 0 Å². The molecule has 17 heavy (non-hydrogen) atoms. The summed E-state index contributed by atoms with van der Waals surface area (Å²) < 4.78 is 0. The van der Waals surface area contributed by atoms with Crippen molar-refractivity contribution in [2.45, 2.75) is 13.8 Å². The third-order valence-electron chi connectivity index (χ3n) is 1.53. The molecule has 0 aromatic heterocycles. The van der Waals surface area contributed by atoms with Gasteiger partial charge in [-0.25, -0.2) is 0 Å². The van der Waals surface area contributed by atoms with Gasteiger partial charge in [0.25, 0.3) is 0 Å². The molecule has 0 aromatic rings. The van der Waals surface area contributed by atoms with E-state index in [1.165, 1.54) is 0 Å². The second kappa shape index (κ2) is 10.4. The smallest absolute Gasteiger partial charge is 0.741 e. The monoisotopic (exact) mass is 321 g/mol. The fourth-order valence-electron chi connectivity index (χ4n) is 0.486. The van der Waals surface area contributed by atoms with Gasteiger partial charge in [0.1, 0.15) is 0 Å². The maximum atomic E-state index is 4.81. The minimum Gasteiger partial charge on any atom is -0.741 e. The van der Waals surface area contributed by atoms with Crippen LogP contribution in [0, 0.1) is 0 Å². The summed E-state index contributed by atoms with van der Waals surface area (Å²) in [5, 5.41) is 21.3. The Kier molecular flexibility index (Phi) is 11.4. The van der Waals surface area contributed by atoms with Crippen molar-refractivity contribution in [2.24, 2.45) is 20.4 Å². The van der Waals surface area contributed by atoms with Crippen molar-refractivity contribution in [2.75, 3.05) is 14.1 Å². The molecule has 0 fully saturated rings. The van der Waals surface area contributed by atoms with Crippen LogP contribution in [0.3, 0.4) is 0 Å². The first-order valence-electron chi connectivity index (χ1n) is 4.45. The number of rotatable bonds is 3. The Balaban J connectivity index is 0. The van der Waals surface area contributed by atoms with Crippen LogP contribution in [0.2, 0.25) is 0 Å². The van der Waals surface area contributed by atoms with Gasteiger partial charge >= 0.3 is 17.1 Å². The molecule has 0 unspecified atom stereocenters. The molecule has 0 rings (SSSR count). The molecule has 0 amide bonds. The molecule has 0 aliphatic rings. The Morgan fingerprint density at radius 2 is 1.06 bits per heavy atom. The third-order valence-corrected chi connectivity index (χ3v) is 2.10. The minimum absolute atomic E-state index is 0. The van der Waals surface area contributed by atoms with Crippen LogP contribution in [-0.4, -0.2) is 35.9 Å². The molecule has 0 bridgehead atoms. The molecule has 0 saturated carbocycles. The van der Waals surface area contributed by atoms with Crippen molar-refractivity contribution < 1.29 is 17.1 Å². The molecule has 6 nitrogen and oxygen atoms in total. The summed E-state index contributed by atoms with van der Waals surface area (Å²) >= 11 is 9.61. The van der Waals surface area contributed by atoms with E-state index >= 15 is 0 Å². The zero-order chi connectivity index (χ0) is 12.6. The van der Waals surface area contributed by atoms with Gasteiger partial charge in [-0.1, -0.05) is 0 Å². The van der Waals surface area contributed by atoms with Crippen molar-refractivity contribution in [3.63, 3.8) is 0 Å². The first kappa shape index (κ1) is 18.6. The van der Waals surface area contributed by atoms with E-state index in [0.717, 1.165) is 0 Å². The Labute approximate surface area is 123 Å². The van der Waals surface area contributed by atoms with Gasteiger partial charge in [0.2, 0.25) is 0 Å². The molecule has 99 valence electrons. The maximum absolute atomic E-state index is 4.81. The van der Waals surface area contributed by atoms with Gasteiger partial charge in [0, 0.05) is 14.1 Å². The topological polar surface area (TPSA) is 73.5 Å². The molecular formula is C8H14CuN6S2. The molecular weight excluding hydrogens is 308 g/mol. The summed E-state index contributed by atoms with van der Waals surface area (Å²) in [4.78, 5) is 0. The van der Waals surface area contributed by atoms with E-state index < -0.39 is 0 Å². The van der Waals surface area contributed by atoms with Gasteiger partial charge in [-0.05, 0) is 24.2 Å². The van der Waals surface area contributed by atoms with Gasteiger partial charge in [-0.3, -0.25) is 0 Å². The second-order valence-corrected chi connectivity index (χ2v) is 3.45. The maximum Gasteiger partial charge on any atom is 2.00 e. The number of amidine groups is 2. The number of hydrogen-bond donors (Lipinski definition) is 2. The summed E-state index contributed by atoms with van der Waals surface area (Å²) in [6.45, 7) is 3.52. The van der Waals surface area contributed by atoms with E-state index in [1.54, 1.807) is 27.9 Å². The van der Waals surface area contributed by atoms with Crippen molar-refractivity contribution in [3.05, 3.63) is 0 Å². The molecule has 9 heteroatoms. The van der Waals surface area contributed by atoms with Gasteiger partial charge in [-0.2, -0.15) is 20.4 Å². The fraction of sp³-hybridized carbons (Fsp3) is 0.500. The Morgan fingerprint density at radius 1 is 0.765 bits per heavy atom. The van der Waals surface area contributed by atoms with Gasteiger partial charge in [0.05, 0.1) is 11.4 Å². The van der Waals surface area contributed by atoms with E-state index in [4.69, 9.17) is 25.3 Å². The summed E-state index contributed by atoms with van der Waals surface area (Å²) in [5.41, 5.74) is 1.25. The molecule has 0 atom stereocenters.